The predicted molar refractivity (Wildman–Crippen MR) is 93.3 cm³/mol. The maximum absolute atomic E-state index is 12.4. The van der Waals surface area contributed by atoms with Gasteiger partial charge in [0.05, 0.1) is 20.2 Å². The summed E-state index contributed by atoms with van der Waals surface area (Å²) in [5.74, 6) is 0.171. The third-order valence-electron chi connectivity index (χ3n) is 4.65. The Balaban J connectivity index is 1.93. The Morgan fingerprint density at radius 1 is 1.17 bits per heavy atom. The van der Waals surface area contributed by atoms with E-state index in [1.807, 2.05) is 35.2 Å². The average Bonchev–Trinajstić information content (AvgIpc) is 2.57. The van der Waals surface area contributed by atoms with Gasteiger partial charge in [0.25, 0.3) is 0 Å². The summed E-state index contributed by atoms with van der Waals surface area (Å²) < 4.78 is 4.75. The van der Waals surface area contributed by atoms with Crippen LogP contribution in [0, 0.1) is 5.92 Å². The number of nitrogens with one attached hydrogen (secondary N) is 1. The van der Waals surface area contributed by atoms with Crippen LogP contribution >= 0.6 is 0 Å². The molecule has 0 aliphatic heterocycles. The van der Waals surface area contributed by atoms with Crippen LogP contribution in [0.15, 0.2) is 30.3 Å². The summed E-state index contributed by atoms with van der Waals surface area (Å²) in [6.45, 7) is 3.05. The van der Waals surface area contributed by atoms with E-state index in [4.69, 9.17) is 4.74 Å². The molecule has 1 aromatic rings. The highest BCUT2D eigenvalue weighted by molar-refractivity contribution is 5.79. The molecule has 0 radical (unpaired) electrons. The molecule has 1 fully saturated rings. The maximum atomic E-state index is 12.4. The van der Waals surface area contributed by atoms with Crippen LogP contribution in [0.25, 0.3) is 0 Å². The highest BCUT2D eigenvalue weighted by atomic mass is 16.5. The van der Waals surface area contributed by atoms with Crippen molar-refractivity contribution in [2.75, 3.05) is 20.2 Å². The zero-order chi connectivity index (χ0) is 17.4. The lowest BCUT2D eigenvalue weighted by Crippen LogP contribution is -2.46. The van der Waals surface area contributed by atoms with Crippen molar-refractivity contribution in [3.63, 3.8) is 0 Å². The van der Waals surface area contributed by atoms with Crippen molar-refractivity contribution in [2.24, 2.45) is 5.92 Å². The third kappa shape index (κ3) is 5.96. The molecule has 1 aromatic carbocycles. The average molecular weight is 332 g/mol. The molecule has 2 rings (SSSR count). The number of nitrogens with zero attached hydrogens (tertiary/aromatic N) is 1. The van der Waals surface area contributed by atoms with Crippen LogP contribution in [-0.4, -0.2) is 43.0 Å². The van der Waals surface area contributed by atoms with Gasteiger partial charge in [-0.05, 0) is 24.3 Å². The van der Waals surface area contributed by atoms with Crippen LogP contribution in [0.5, 0.6) is 0 Å². The molecule has 132 valence electrons. The minimum atomic E-state index is -0.329. The number of ether oxygens (including phenoxy) is 1. The molecule has 2 atom stereocenters. The van der Waals surface area contributed by atoms with Gasteiger partial charge in [0.15, 0.2) is 0 Å². The second-order valence-corrected chi connectivity index (χ2v) is 6.64. The molecule has 1 aliphatic rings. The molecule has 0 spiro atoms. The van der Waals surface area contributed by atoms with E-state index in [0.29, 0.717) is 12.5 Å². The first-order chi connectivity index (χ1) is 11.6. The van der Waals surface area contributed by atoms with Gasteiger partial charge in [-0.25, -0.2) is 0 Å². The maximum Gasteiger partial charge on any atom is 0.319 e. The Labute approximate surface area is 144 Å². The molecule has 0 saturated heterocycles. The number of methoxy groups -OCH3 is 1. The number of amides is 1. The lowest BCUT2D eigenvalue weighted by Gasteiger charge is -2.30. The van der Waals surface area contributed by atoms with E-state index < -0.39 is 0 Å². The SMILES string of the molecule is COC(=O)CN(CC(=O)NC1CCCCC1C)Cc1ccccc1. The van der Waals surface area contributed by atoms with Gasteiger partial charge in [-0.15, -0.1) is 0 Å². The van der Waals surface area contributed by atoms with Crippen molar-refractivity contribution < 1.29 is 14.3 Å². The molecule has 1 N–H and O–H groups in total. The van der Waals surface area contributed by atoms with Crippen molar-refractivity contribution >= 4 is 11.9 Å². The molecule has 0 heterocycles. The molecular formula is C19H28N2O3. The summed E-state index contributed by atoms with van der Waals surface area (Å²) in [5, 5.41) is 3.14. The van der Waals surface area contributed by atoms with Gasteiger partial charge in [0.1, 0.15) is 0 Å². The summed E-state index contributed by atoms with van der Waals surface area (Å²) in [6, 6.07) is 10.1. The number of hydrogen-bond acceptors (Lipinski definition) is 4. The summed E-state index contributed by atoms with van der Waals surface area (Å²) in [6.07, 6.45) is 4.63. The van der Waals surface area contributed by atoms with E-state index in [0.717, 1.165) is 12.0 Å². The lowest BCUT2D eigenvalue weighted by atomic mass is 9.86. The number of carbonyl (C=O) groups is 2. The van der Waals surface area contributed by atoms with Crippen LogP contribution in [0.4, 0.5) is 0 Å². The molecule has 1 saturated carbocycles. The summed E-state index contributed by atoms with van der Waals surface area (Å²) in [4.78, 5) is 25.9. The van der Waals surface area contributed by atoms with E-state index in [2.05, 4.69) is 12.2 Å². The second-order valence-electron chi connectivity index (χ2n) is 6.64. The normalized spacial score (nSPS) is 20.6. The first-order valence-corrected chi connectivity index (χ1v) is 8.71. The molecular weight excluding hydrogens is 304 g/mol. The molecule has 5 nitrogen and oxygen atoms in total. The van der Waals surface area contributed by atoms with Crippen LogP contribution in [0.2, 0.25) is 0 Å². The molecule has 1 aliphatic carbocycles. The molecule has 24 heavy (non-hydrogen) atoms. The first-order valence-electron chi connectivity index (χ1n) is 8.71. The topological polar surface area (TPSA) is 58.6 Å². The lowest BCUT2D eigenvalue weighted by molar-refractivity contribution is -0.142. The fourth-order valence-electron chi connectivity index (χ4n) is 3.24. The van der Waals surface area contributed by atoms with Gasteiger partial charge in [-0.3, -0.25) is 14.5 Å². The highest BCUT2D eigenvalue weighted by Gasteiger charge is 2.24. The largest absolute Gasteiger partial charge is 0.468 e. The molecule has 0 bridgehead atoms. The second kappa shape index (κ2) is 9.42. The molecule has 1 amide bonds. The number of rotatable bonds is 7. The van der Waals surface area contributed by atoms with Crippen molar-refractivity contribution in [3.8, 4) is 0 Å². The third-order valence-corrected chi connectivity index (χ3v) is 4.65. The fourth-order valence-corrected chi connectivity index (χ4v) is 3.24. The van der Waals surface area contributed by atoms with Crippen molar-refractivity contribution in [1.82, 2.24) is 10.2 Å². The Morgan fingerprint density at radius 2 is 1.88 bits per heavy atom. The van der Waals surface area contributed by atoms with Crippen LogP contribution in [0.1, 0.15) is 38.2 Å². The first kappa shape index (κ1) is 18.5. The Kier molecular flexibility index (Phi) is 7.25. The number of esters is 1. The summed E-state index contributed by atoms with van der Waals surface area (Å²) in [7, 11) is 1.37. The molecule has 5 heteroatoms. The standard InChI is InChI=1S/C19H28N2O3/c1-15-8-6-7-11-17(15)20-18(22)13-21(14-19(23)24-2)12-16-9-4-3-5-10-16/h3-5,9-10,15,17H,6-8,11-14H2,1-2H3,(H,20,22). The van der Waals surface area contributed by atoms with E-state index >= 15 is 0 Å². The van der Waals surface area contributed by atoms with Gasteiger partial charge in [-0.1, -0.05) is 50.1 Å². The quantitative estimate of drug-likeness (QED) is 0.779. The zero-order valence-electron chi connectivity index (χ0n) is 14.7. The highest BCUT2D eigenvalue weighted by Crippen LogP contribution is 2.23. The Morgan fingerprint density at radius 3 is 2.54 bits per heavy atom. The van der Waals surface area contributed by atoms with E-state index in [9.17, 15) is 9.59 Å². The smallest absolute Gasteiger partial charge is 0.319 e. The minimum Gasteiger partial charge on any atom is -0.468 e. The summed E-state index contributed by atoms with van der Waals surface area (Å²) >= 11 is 0. The van der Waals surface area contributed by atoms with Crippen molar-refractivity contribution in [3.05, 3.63) is 35.9 Å². The van der Waals surface area contributed by atoms with E-state index in [1.165, 1.54) is 26.4 Å². The predicted octanol–water partition coefficient (Wildman–Crippen LogP) is 2.36. The van der Waals surface area contributed by atoms with Gasteiger partial charge in [0, 0.05) is 12.6 Å². The molecule has 2 unspecified atom stereocenters. The van der Waals surface area contributed by atoms with Crippen molar-refractivity contribution in [2.45, 2.75) is 45.2 Å². The monoisotopic (exact) mass is 332 g/mol. The Hall–Kier alpha value is -1.88. The van der Waals surface area contributed by atoms with Crippen LogP contribution < -0.4 is 5.32 Å². The van der Waals surface area contributed by atoms with Crippen molar-refractivity contribution in [1.29, 1.82) is 0 Å². The van der Waals surface area contributed by atoms with Gasteiger partial charge in [0.2, 0.25) is 5.91 Å². The van der Waals surface area contributed by atoms with Crippen LogP contribution in [0.3, 0.4) is 0 Å². The van der Waals surface area contributed by atoms with Crippen LogP contribution in [-0.2, 0) is 20.9 Å². The Bertz CT molecular complexity index is 533. The van der Waals surface area contributed by atoms with E-state index in [-0.39, 0.29) is 31.0 Å². The van der Waals surface area contributed by atoms with E-state index in [1.54, 1.807) is 0 Å². The van der Waals surface area contributed by atoms with Gasteiger partial charge >= 0.3 is 5.97 Å². The number of hydrogen-bond donors (Lipinski definition) is 1. The number of carbonyl (C=O) groups excluding carboxylic acids is 2. The van der Waals surface area contributed by atoms with Gasteiger partial charge in [-0.2, -0.15) is 0 Å². The number of benzene rings is 1. The minimum absolute atomic E-state index is 0.0198. The molecule has 0 aromatic heterocycles. The zero-order valence-corrected chi connectivity index (χ0v) is 14.7. The summed E-state index contributed by atoms with van der Waals surface area (Å²) in [5.41, 5.74) is 1.07. The fraction of sp³-hybridized carbons (Fsp3) is 0.579. The van der Waals surface area contributed by atoms with Gasteiger partial charge < -0.3 is 10.1 Å².